The molecule has 1 saturated heterocycles. The van der Waals surface area contributed by atoms with Gasteiger partial charge < -0.3 is 14.2 Å². The number of alkyl halides is 3. The van der Waals surface area contributed by atoms with Gasteiger partial charge in [0.05, 0.1) is 6.42 Å². The first-order valence-electron chi connectivity index (χ1n) is 4.46. The summed E-state index contributed by atoms with van der Waals surface area (Å²) in [4.78, 5) is 0. The SMILES string of the molecule is CCOC1(OCC)CC(C(Cl)(Cl)Cl)O1. The highest BCUT2D eigenvalue weighted by molar-refractivity contribution is 6.68. The van der Waals surface area contributed by atoms with Crippen molar-refractivity contribution < 1.29 is 14.2 Å². The molecule has 1 heterocycles. The summed E-state index contributed by atoms with van der Waals surface area (Å²) in [6, 6.07) is 0. The first-order valence-corrected chi connectivity index (χ1v) is 5.59. The monoisotopic (exact) mass is 262 g/mol. The van der Waals surface area contributed by atoms with Crippen LogP contribution in [0.2, 0.25) is 0 Å². The first-order chi connectivity index (χ1) is 6.43. The predicted octanol–water partition coefficient (Wildman–Crippen LogP) is 2.87. The number of rotatable bonds is 4. The van der Waals surface area contributed by atoms with E-state index in [9.17, 15) is 0 Å². The maximum atomic E-state index is 5.66. The Morgan fingerprint density at radius 1 is 1.29 bits per heavy atom. The highest BCUT2D eigenvalue weighted by Gasteiger charge is 2.55. The van der Waals surface area contributed by atoms with E-state index in [1.807, 2.05) is 13.8 Å². The molecule has 3 nitrogen and oxygen atoms in total. The highest BCUT2D eigenvalue weighted by atomic mass is 35.6. The smallest absolute Gasteiger partial charge is 0.286 e. The maximum absolute atomic E-state index is 5.66. The van der Waals surface area contributed by atoms with Crippen molar-refractivity contribution in [1.29, 1.82) is 0 Å². The van der Waals surface area contributed by atoms with Gasteiger partial charge in [-0.15, -0.1) is 0 Å². The number of ether oxygens (including phenoxy) is 3. The molecule has 1 rings (SSSR count). The lowest BCUT2D eigenvalue weighted by Gasteiger charge is -2.47. The van der Waals surface area contributed by atoms with Gasteiger partial charge >= 0.3 is 0 Å². The molecule has 84 valence electrons. The Labute approximate surface area is 98.5 Å². The Kier molecular flexibility index (Phi) is 4.33. The van der Waals surface area contributed by atoms with Crippen LogP contribution in [0, 0.1) is 0 Å². The lowest BCUT2D eigenvalue weighted by atomic mass is 10.1. The van der Waals surface area contributed by atoms with Gasteiger partial charge in [0.2, 0.25) is 3.79 Å². The van der Waals surface area contributed by atoms with E-state index < -0.39 is 15.9 Å². The molecule has 1 aliphatic rings. The third-order valence-electron chi connectivity index (χ3n) is 1.85. The average Bonchev–Trinajstić information content (AvgIpc) is 1.97. The molecule has 0 aromatic carbocycles. The second-order valence-electron chi connectivity index (χ2n) is 2.90. The molecule has 0 aliphatic carbocycles. The lowest BCUT2D eigenvalue weighted by molar-refractivity contribution is -0.456. The average molecular weight is 264 g/mol. The van der Waals surface area contributed by atoms with Crippen molar-refractivity contribution in [3.05, 3.63) is 0 Å². The van der Waals surface area contributed by atoms with E-state index >= 15 is 0 Å². The number of hydrogen-bond acceptors (Lipinski definition) is 3. The molecule has 0 radical (unpaired) electrons. The van der Waals surface area contributed by atoms with Crippen molar-refractivity contribution in [1.82, 2.24) is 0 Å². The molecular formula is C8H13Cl3O3. The summed E-state index contributed by atoms with van der Waals surface area (Å²) >= 11 is 17.0. The molecule has 0 N–H and O–H groups in total. The van der Waals surface area contributed by atoms with Crippen LogP contribution in [-0.2, 0) is 14.2 Å². The van der Waals surface area contributed by atoms with Crippen molar-refractivity contribution in [2.24, 2.45) is 0 Å². The fraction of sp³-hybridized carbons (Fsp3) is 1.00. The Balaban J connectivity index is 2.46. The third kappa shape index (κ3) is 2.87. The van der Waals surface area contributed by atoms with E-state index in [1.54, 1.807) is 0 Å². The standard InChI is InChI=1S/C8H13Cl3O3/c1-3-12-7(13-4-2)5-6(14-7)8(9,10)11/h6H,3-5H2,1-2H3. The van der Waals surface area contributed by atoms with Gasteiger partial charge in [-0.25, -0.2) is 0 Å². The first kappa shape index (κ1) is 12.8. The van der Waals surface area contributed by atoms with Crippen LogP contribution in [0.5, 0.6) is 0 Å². The second kappa shape index (κ2) is 4.73. The van der Waals surface area contributed by atoms with Crippen molar-refractivity contribution in [3.63, 3.8) is 0 Å². The summed E-state index contributed by atoms with van der Waals surface area (Å²) in [6.45, 7) is 4.69. The van der Waals surface area contributed by atoms with E-state index in [0.717, 1.165) is 0 Å². The maximum Gasteiger partial charge on any atom is 0.286 e. The molecule has 6 heteroatoms. The molecule has 0 aromatic heterocycles. The number of hydrogen-bond donors (Lipinski definition) is 0. The van der Waals surface area contributed by atoms with Crippen LogP contribution in [0.3, 0.4) is 0 Å². The van der Waals surface area contributed by atoms with Gasteiger partial charge in [0, 0.05) is 13.2 Å². The Morgan fingerprint density at radius 2 is 1.71 bits per heavy atom. The van der Waals surface area contributed by atoms with E-state index in [4.69, 9.17) is 49.0 Å². The summed E-state index contributed by atoms with van der Waals surface area (Å²) in [7, 11) is 0. The zero-order valence-electron chi connectivity index (χ0n) is 8.06. The second-order valence-corrected chi connectivity index (χ2v) is 5.27. The quantitative estimate of drug-likeness (QED) is 0.577. The molecule has 0 amide bonds. The van der Waals surface area contributed by atoms with Crippen LogP contribution in [0.25, 0.3) is 0 Å². The van der Waals surface area contributed by atoms with Crippen LogP contribution in [-0.4, -0.2) is 29.1 Å². The summed E-state index contributed by atoms with van der Waals surface area (Å²) in [5.41, 5.74) is 0. The normalized spacial score (nSPS) is 25.9. The summed E-state index contributed by atoms with van der Waals surface area (Å²) in [6.07, 6.45) is -0.0313. The van der Waals surface area contributed by atoms with Crippen molar-refractivity contribution in [3.8, 4) is 0 Å². The molecule has 1 aliphatic heterocycles. The minimum absolute atomic E-state index is 0.436. The molecule has 0 bridgehead atoms. The fourth-order valence-corrected chi connectivity index (χ4v) is 1.65. The molecule has 0 saturated carbocycles. The van der Waals surface area contributed by atoms with Gasteiger partial charge in [0.25, 0.3) is 5.97 Å². The van der Waals surface area contributed by atoms with Gasteiger partial charge in [-0.05, 0) is 13.8 Å². The van der Waals surface area contributed by atoms with Crippen LogP contribution >= 0.6 is 34.8 Å². The number of halogens is 3. The molecule has 0 aromatic rings. The topological polar surface area (TPSA) is 27.7 Å². The largest absolute Gasteiger partial charge is 0.328 e. The van der Waals surface area contributed by atoms with E-state index in [0.29, 0.717) is 19.6 Å². The zero-order chi connectivity index (χ0) is 10.8. The van der Waals surface area contributed by atoms with Crippen molar-refractivity contribution in [2.75, 3.05) is 13.2 Å². The molecule has 1 atom stereocenters. The Morgan fingerprint density at radius 3 is 2.00 bits per heavy atom. The minimum atomic E-state index is -1.42. The van der Waals surface area contributed by atoms with E-state index in [-0.39, 0.29) is 0 Å². The van der Waals surface area contributed by atoms with Gasteiger partial charge in [0.1, 0.15) is 6.10 Å². The van der Waals surface area contributed by atoms with Gasteiger partial charge in [-0.3, -0.25) is 0 Å². The van der Waals surface area contributed by atoms with Crippen molar-refractivity contribution >= 4 is 34.8 Å². The summed E-state index contributed by atoms with van der Waals surface area (Å²) in [5.74, 6) is -1.00. The third-order valence-corrected chi connectivity index (χ3v) is 2.58. The van der Waals surface area contributed by atoms with E-state index in [2.05, 4.69) is 0 Å². The van der Waals surface area contributed by atoms with Crippen LogP contribution < -0.4 is 0 Å². The van der Waals surface area contributed by atoms with E-state index in [1.165, 1.54) is 0 Å². The van der Waals surface area contributed by atoms with Gasteiger partial charge in [-0.2, -0.15) is 0 Å². The highest BCUT2D eigenvalue weighted by Crippen LogP contribution is 2.46. The van der Waals surface area contributed by atoms with Gasteiger partial charge in [-0.1, -0.05) is 34.8 Å². The van der Waals surface area contributed by atoms with Crippen LogP contribution in [0.1, 0.15) is 20.3 Å². The summed E-state index contributed by atoms with van der Waals surface area (Å²) in [5, 5.41) is 0. The van der Waals surface area contributed by atoms with Crippen molar-refractivity contribution in [2.45, 2.75) is 36.1 Å². The Hall–Kier alpha value is 0.750. The lowest BCUT2D eigenvalue weighted by Crippen LogP contribution is -2.58. The molecule has 14 heavy (non-hydrogen) atoms. The predicted molar refractivity (Wildman–Crippen MR) is 55.8 cm³/mol. The molecular weight excluding hydrogens is 250 g/mol. The fourth-order valence-electron chi connectivity index (χ4n) is 1.28. The minimum Gasteiger partial charge on any atom is -0.328 e. The molecule has 0 spiro atoms. The van der Waals surface area contributed by atoms with Gasteiger partial charge in [0.15, 0.2) is 0 Å². The van der Waals surface area contributed by atoms with Crippen LogP contribution in [0.4, 0.5) is 0 Å². The Bertz CT molecular complexity index is 179. The zero-order valence-corrected chi connectivity index (χ0v) is 10.3. The summed E-state index contributed by atoms with van der Waals surface area (Å²) < 4.78 is 14.5. The van der Waals surface area contributed by atoms with Crippen LogP contribution in [0.15, 0.2) is 0 Å². The molecule has 1 unspecified atom stereocenters. The molecule has 1 fully saturated rings.